The van der Waals surface area contributed by atoms with E-state index in [9.17, 15) is 14.7 Å². The molecule has 0 aromatic heterocycles. The van der Waals surface area contributed by atoms with Crippen molar-refractivity contribution >= 4 is 17.6 Å². The minimum absolute atomic E-state index is 0.0784. The van der Waals surface area contributed by atoms with Crippen LogP contribution in [0.15, 0.2) is 30.3 Å². The van der Waals surface area contributed by atoms with E-state index in [0.29, 0.717) is 23.9 Å². The molecular weight excluding hydrogens is 354 g/mol. The second-order valence-electron chi connectivity index (χ2n) is 5.31. The van der Waals surface area contributed by atoms with Crippen LogP contribution in [0.25, 0.3) is 0 Å². The third-order valence-electron chi connectivity index (χ3n) is 3.74. The van der Waals surface area contributed by atoms with Crippen LogP contribution in [0.3, 0.4) is 0 Å². The smallest absolute Gasteiger partial charge is 0.337 e. The lowest BCUT2D eigenvalue weighted by Gasteiger charge is -2.15. The fourth-order valence-corrected chi connectivity index (χ4v) is 2.44. The van der Waals surface area contributed by atoms with Gasteiger partial charge in [0, 0.05) is 18.2 Å². The van der Waals surface area contributed by atoms with Crippen molar-refractivity contribution in [2.24, 2.45) is 0 Å². The summed E-state index contributed by atoms with van der Waals surface area (Å²) in [6.07, 6.45) is 0. The summed E-state index contributed by atoms with van der Waals surface area (Å²) >= 11 is 0. The van der Waals surface area contributed by atoms with Crippen molar-refractivity contribution in [3.8, 4) is 23.0 Å². The largest absolute Gasteiger partial charge is 0.497 e. The number of carbonyl (C=O) groups excluding carboxylic acids is 1. The van der Waals surface area contributed by atoms with Gasteiger partial charge in [0.15, 0.2) is 11.5 Å². The van der Waals surface area contributed by atoms with Gasteiger partial charge in [0.1, 0.15) is 11.5 Å². The lowest BCUT2D eigenvalue weighted by Crippen LogP contribution is -2.16. The molecule has 2 rings (SSSR count). The van der Waals surface area contributed by atoms with Crippen LogP contribution in [0.1, 0.15) is 27.6 Å². The van der Waals surface area contributed by atoms with Gasteiger partial charge < -0.3 is 29.4 Å². The molecule has 0 bridgehead atoms. The van der Waals surface area contributed by atoms with Gasteiger partial charge in [0.05, 0.1) is 44.8 Å². The number of hydrogen-bond acceptors (Lipinski definition) is 6. The summed E-state index contributed by atoms with van der Waals surface area (Å²) < 4.78 is 20.9. The number of ether oxygens (including phenoxy) is 4. The average molecular weight is 375 g/mol. The molecular formula is C19H21NO7. The van der Waals surface area contributed by atoms with Crippen molar-refractivity contribution in [1.29, 1.82) is 0 Å². The molecule has 0 aliphatic heterocycles. The lowest BCUT2D eigenvalue weighted by atomic mass is 10.1. The van der Waals surface area contributed by atoms with Crippen molar-refractivity contribution in [2.75, 3.05) is 33.3 Å². The van der Waals surface area contributed by atoms with Crippen LogP contribution in [0.2, 0.25) is 0 Å². The zero-order chi connectivity index (χ0) is 20.0. The van der Waals surface area contributed by atoms with Crippen LogP contribution in [0.4, 0.5) is 5.69 Å². The van der Waals surface area contributed by atoms with E-state index in [1.165, 1.54) is 39.5 Å². The number of methoxy groups -OCH3 is 3. The van der Waals surface area contributed by atoms with Crippen LogP contribution < -0.4 is 24.3 Å². The third kappa shape index (κ3) is 4.41. The van der Waals surface area contributed by atoms with Crippen LogP contribution in [-0.4, -0.2) is 44.9 Å². The van der Waals surface area contributed by atoms with Gasteiger partial charge >= 0.3 is 5.97 Å². The maximum absolute atomic E-state index is 12.7. The molecule has 0 saturated heterocycles. The molecule has 0 aliphatic rings. The number of benzene rings is 2. The quantitative estimate of drug-likeness (QED) is 0.731. The van der Waals surface area contributed by atoms with Crippen LogP contribution in [0.5, 0.6) is 23.0 Å². The second-order valence-corrected chi connectivity index (χ2v) is 5.31. The molecule has 2 N–H and O–H groups in total. The molecule has 1 amide bonds. The Balaban J connectivity index is 2.44. The predicted octanol–water partition coefficient (Wildman–Crippen LogP) is 3.06. The Kier molecular flexibility index (Phi) is 6.48. The number of rotatable bonds is 8. The van der Waals surface area contributed by atoms with E-state index in [2.05, 4.69) is 5.32 Å². The number of carboxylic acids is 1. The van der Waals surface area contributed by atoms with Gasteiger partial charge in [0.25, 0.3) is 5.91 Å². The highest BCUT2D eigenvalue weighted by molar-refractivity contribution is 6.09. The standard InChI is InChI=1S/C19H21NO7/c1-5-27-17-10-14(13(19(22)23)9-16(17)26-4)20-18(21)12-7-6-11(24-2)8-15(12)25-3/h6-10H,5H2,1-4H3,(H,20,21)(H,22,23). The fraction of sp³-hybridized carbons (Fsp3) is 0.263. The zero-order valence-corrected chi connectivity index (χ0v) is 15.5. The minimum Gasteiger partial charge on any atom is -0.497 e. The average Bonchev–Trinajstić information content (AvgIpc) is 2.67. The molecule has 0 aliphatic carbocycles. The van der Waals surface area contributed by atoms with Gasteiger partial charge in [-0.2, -0.15) is 0 Å². The molecule has 8 nitrogen and oxygen atoms in total. The third-order valence-corrected chi connectivity index (χ3v) is 3.74. The Bertz CT molecular complexity index is 848. The summed E-state index contributed by atoms with van der Waals surface area (Å²) in [7, 11) is 4.33. The minimum atomic E-state index is -1.21. The maximum atomic E-state index is 12.7. The van der Waals surface area contributed by atoms with E-state index in [1.807, 2.05) is 0 Å². The summed E-state index contributed by atoms with van der Waals surface area (Å²) in [6.45, 7) is 2.13. The van der Waals surface area contributed by atoms with E-state index in [1.54, 1.807) is 19.1 Å². The molecule has 2 aromatic carbocycles. The highest BCUT2D eigenvalue weighted by Crippen LogP contribution is 2.34. The molecule has 144 valence electrons. The van der Waals surface area contributed by atoms with Crippen LogP contribution in [-0.2, 0) is 0 Å². The van der Waals surface area contributed by atoms with Crippen molar-refractivity contribution < 1.29 is 33.6 Å². The number of anilines is 1. The Morgan fingerprint density at radius 3 is 2.19 bits per heavy atom. The van der Waals surface area contributed by atoms with Crippen molar-refractivity contribution in [3.63, 3.8) is 0 Å². The molecule has 8 heteroatoms. The Hall–Kier alpha value is -3.42. The molecule has 0 heterocycles. The molecule has 0 atom stereocenters. The van der Waals surface area contributed by atoms with E-state index >= 15 is 0 Å². The summed E-state index contributed by atoms with van der Waals surface area (Å²) in [6, 6.07) is 7.41. The highest BCUT2D eigenvalue weighted by Gasteiger charge is 2.20. The number of aromatic carboxylic acids is 1. The van der Waals surface area contributed by atoms with Gasteiger partial charge in [-0.1, -0.05) is 0 Å². The molecule has 0 spiro atoms. The first-order valence-corrected chi connectivity index (χ1v) is 8.06. The predicted molar refractivity (Wildman–Crippen MR) is 98.6 cm³/mol. The Morgan fingerprint density at radius 1 is 0.926 bits per heavy atom. The number of carboxylic acid groups (broad SMARTS) is 1. The summed E-state index contributed by atoms with van der Waals surface area (Å²) in [5.41, 5.74) is 0.175. The molecule has 0 saturated carbocycles. The van der Waals surface area contributed by atoms with E-state index in [-0.39, 0.29) is 22.6 Å². The van der Waals surface area contributed by atoms with Crippen molar-refractivity contribution in [3.05, 3.63) is 41.5 Å². The van der Waals surface area contributed by atoms with Crippen LogP contribution in [0, 0.1) is 0 Å². The first kappa shape index (κ1) is 19.9. The number of hydrogen-bond donors (Lipinski definition) is 2. The maximum Gasteiger partial charge on any atom is 0.337 e. The van der Waals surface area contributed by atoms with Gasteiger partial charge in [-0.25, -0.2) is 4.79 Å². The second kappa shape index (κ2) is 8.79. The normalized spacial score (nSPS) is 10.1. The monoisotopic (exact) mass is 375 g/mol. The fourth-order valence-electron chi connectivity index (χ4n) is 2.44. The zero-order valence-electron chi connectivity index (χ0n) is 15.5. The van der Waals surface area contributed by atoms with Gasteiger partial charge in [-0.3, -0.25) is 4.79 Å². The van der Waals surface area contributed by atoms with Crippen molar-refractivity contribution in [2.45, 2.75) is 6.92 Å². The summed E-state index contributed by atoms with van der Waals surface area (Å²) in [5, 5.41) is 12.1. The van der Waals surface area contributed by atoms with Gasteiger partial charge in [-0.15, -0.1) is 0 Å². The molecule has 0 radical (unpaired) electrons. The van der Waals surface area contributed by atoms with Crippen LogP contribution >= 0.6 is 0 Å². The van der Waals surface area contributed by atoms with E-state index in [4.69, 9.17) is 18.9 Å². The topological polar surface area (TPSA) is 103 Å². The molecule has 27 heavy (non-hydrogen) atoms. The number of carbonyl (C=O) groups is 2. The van der Waals surface area contributed by atoms with E-state index in [0.717, 1.165) is 0 Å². The number of amides is 1. The van der Waals surface area contributed by atoms with Crippen molar-refractivity contribution in [1.82, 2.24) is 0 Å². The van der Waals surface area contributed by atoms with Gasteiger partial charge in [0.2, 0.25) is 0 Å². The summed E-state index contributed by atoms with van der Waals surface area (Å²) in [5.74, 6) is -0.353. The number of nitrogens with one attached hydrogen (secondary N) is 1. The summed E-state index contributed by atoms with van der Waals surface area (Å²) in [4.78, 5) is 24.3. The first-order chi connectivity index (χ1) is 12.9. The molecule has 0 unspecified atom stereocenters. The van der Waals surface area contributed by atoms with Gasteiger partial charge in [-0.05, 0) is 19.1 Å². The van der Waals surface area contributed by atoms with E-state index < -0.39 is 11.9 Å². The first-order valence-electron chi connectivity index (χ1n) is 8.06. The lowest BCUT2D eigenvalue weighted by molar-refractivity contribution is 0.0697. The Labute approximate surface area is 156 Å². The molecule has 2 aromatic rings. The Morgan fingerprint density at radius 2 is 1.63 bits per heavy atom. The SMILES string of the molecule is CCOc1cc(NC(=O)c2ccc(OC)cc2OC)c(C(=O)O)cc1OC. The molecule has 0 fully saturated rings. The highest BCUT2D eigenvalue weighted by atomic mass is 16.5.